The predicted molar refractivity (Wildman–Crippen MR) is 96.2 cm³/mol. The van der Waals surface area contributed by atoms with Crippen LogP contribution in [0, 0.1) is 23.2 Å². The average Bonchev–Trinajstić information content (AvgIpc) is 2.89. The predicted octanol–water partition coefficient (Wildman–Crippen LogP) is 2.66. The molecule has 0 atom stereocenters. The second-order valence-corrected chi connectivity index (χ2v) is 8.55. The first-order chi connectivity index (χ1) is 12.1. The number of para-hydroxylation sites is 2. The van der Waals surface area contributed by atoms with E-state index in [1.165, 1.54) is 19.3 Å². The van der Waals surface area contributed by atoms with Crippen molar-refractivity contribution in [3.8, 4) is 0 Å². The van der Waals surface area contributed by atoms with Gasteiger partial charge in [-0.2, -0.15) is 0 Å². The van der Waals surface area contributed by atoms with Crippen LogP contribution in [-0.2, 0) is 11.3 Å². The number of H-pyrrole nitrogens is 1. The first kappa shape index (κ1) is 15.2. The summed E-state index contributed by atoms with van der Waals surface area (Å²) in [6.07, 6.45) is 7.28. The lowest BCUT2D eigenvalue weighted by Crippen LogP contribution is -2.54. The smallest absolute Gasteiger partial charge is 0.326 e. The number of rotatable bonds is 4. The van der Waals surface area contributed by atoms with Gasteiger partial charge in [0.1, 0.15) is 0 Å². The maximum Gasteiger partial charge on any atom is 0.326 e. The fourth-order valence-electron chi connectivity index (χ4n) is 6.19. The van der Waals surface area contributed by atoms with Crippen molar-refractivity contribution in [1.82, 2.24) is 14.9 Å². The number of nitrogens with zero attached hydrogens (tertiary/aromatic N) is 1. The van der Waals surface area contributed by atoms with Gasteiger partial charge in [0, 0.05) is 18.5 Å². The van der Waals surface area contributed by atoms with Crippen molar-refractivity contribution in [2.45, 2.75) is 45.1 Å². The van der Waals surface area contributed by atoms with Crippen LogP contribution in [0.2, 0.25) is 0 Å². The number of aromatic nitrogens is 2. The third-order valence-corrected chi connectivity index (χ3v) is 6.82. The van der Waals surface area contributed by atoms with E-state index in [1.807, 2.05) is 24.3 Å². The second kappa shape index (κ2) is 5.48. The lowest BCUT2D eigenvalue weighted by Gasteiger charge is -2.55. The molecule has 0 spiro atoms. The molecule has 1 aromatic carbocycles. The van der Waals surface area contributed by atoms with Crippen LogP contribution in [0.4, 0.5) is 0 Å². The van der Waals surface area contributed by atoms with E-state index >= 15 is 0 Å². The third kappa shape index (κ3) is 2.43. The Labute approximate surface area is 146 Å². The van der Waals surface area contributed by atoms with Gasteiger partial charge in [0.2, 0.25) is 5.91 Å². The van der Waals surface area contributed by atoms with Crippen LogP contribution in [0.3, 0.4) is 0 Å². The van der Waals surface area contributed by atoms with Gasteiger partial charge in [0.05, 0.1) is 11.0 Å². The van der Waals surface area contributed by atoms with E-state index in [0.29, 0.717) is 13.1 Å². The van der Waals surface area contributed by atoms with Crippen LogP contribution >= 0.6 is 0 Å². The van der Waals surface area contributed by atoms with Gasteiger partial charge >= 0.3 is 5.69 Å². The zero-order valence-corrected chi connectivity index (χ0v) is 14.5. The van der Waals surface area contributed by atoms with Crippen LogP contribution in [0.15, 0.2) is 29.1 Å². The van der Waals surface area contributed by atoms with E-state index in [0.717, 1.165) is 48.0 Å². The molecule has 0 unspecified atom stereocenters. The van der Waals surface area contributed by atoms with E-state index in [-0.39, 0.29) is 17.0 Å². The highest BCUT2D eigenvalue weighted by Gasteiger charge is 2.54. The zero-order chi connectivity index (χ0) is 17.0. The van der Waals surface area contributed by atoms with Gasteiger partial charge < -0.3 is 10.3 Å². The number of hydrogen-bond donors (Lipinski definition) is 2. The number of fused-ring (bicyclic) bond motifs is 1. The summed E-state index contributed by atoms with van der Waals surface area (Å²) in [5, 5.41) is 3.16. The largest absolute Gasteiger partial charge is 0.354 e. The number of amides is 1. The minimum Gasteiger partial charge on any atom is -0.354 e. The highest BCUT2D eigenvalue weighted by Crippen LogP contribution is 2.60. The molecule has 4 fully saturated rings. The van der Waals surface area contributed by atoms with Gasteiger partial charge in [-0.1, -0.05) is 12.1 Å². The molecule has 4 aliphatic carbocycles. The topological polar surface area (TPSA) is 66.9 Å². The Kier molecular flexibility index (Phi) is 3.34. The maximum atomic E-state index is 13.0. The minimum atomic E-state index is -0.111. The van der Waals surface area contributed by atoms with Gasteiger partial charge in [-0.15, -0.1) is 0 Å². The standard InChI is InChI=1S/C20H25N3O2/c24-18(20-10-13-7-14(11-20)9-15(8-13)12-20)21-5-6-23-17-4-2-1-3-16(17)22-19(23)25/h1-4,13-15H,5-12H2,(H,21,24)(H,22,25). The molecule has 4 bridgehead atoms. The van der Waals surface area contributed by atoms with E-state index in [9.17, 15) is 9.59 Å². The van der Waals surface area contributed by atoms with Gasteiger partial charge in [-0.25, -0.2) is 4.79 Å². The Morgan fingerprint density at radius 2 is 1.76 bits per heavy atom. The Morgan fingerprint density at radius 3 is 2.44 bits per heavy atom. The van der Waals surface area contributed by atoms with E-state index in [4.69, 9.17) is 0 Å². The molecule has 0 radical (unpaired) electrons. The highest BCUT2D eigenvalue weighted by atomic mass is 16.2. The van der Waals surface area contributed by atoms with Crippen LogP contribution < -0.4 is 11.0 Å². The first-order valence-corrected chi connectivity index (χ1v) is 9.59. The molecule has 1 amide bonds. The number of carbonyl (C=O) groups excluding carboxylic acids is 1. The van der Waals surface area contributed by atoms with Crippen LogP contribution in [0.1, 0.15) is 38.5 Å². The Balaban J connectivity index is 1.28. The van der Waals surface area contributed by atoms with Gasteiger partial charge in [0.25, 0.3) is 0 Å². The average molecular weight is 339 g/mol. The van der Waals surface area contributed by atoms with Crippen LogP contribution in [0.5, 0.6) is 0 Å². The van der Waals surface area contributed by atoms with Crippen molar-refractivity contribution in [2.24, 2.45) is 23.2 Å². The molecule has 25 heavy (non-hydrogen) atoms. The maximum absolute atomic E-state index is 13.0. The third-order valence-electron chi connectivity index (χ3n) is 6.82. The Morgan fingerprint density at radius 1 is 1.12 bits per heavy atom. The summed E-state index contributed by atoms with van der Waals surface area (Å²) in [5.41, 5.74) is 1.53. The normalized spacial score (nSPS) is 33.0. The molecule has 4 saturated carbocycles. The molecule has 6 rings (SSSR count). The number of hydrogen-bond acceptors (Lipinski definition) is 2. The zero-order valence-electron chi connectivity index (χ0n) is 14.5. The number of carbonyl (C=O) groups is 1. The van der Waals surface area contributed by atoms with Crippen molar-refractivity contribution < 1.29 is 4.79 Å². The lowest BCUT2D eigenvalue weighted by molar-refractivity contribution is -0.146. The molecular weight excluding hydrogens is 314 g/mol. The van der Waals surface area contributed by atoms with Gasteiger partial charge in [0.15, 0.2) is 0 Å². The van der Waals surface area contributed by atoms with E-state index in [2.05, 4.69) is 10.3 Å². The Bertz CT molecular complexity index is 843. The summed E-state index contributed by atoms with van der Waals surface area (Å²) in [7, 11) is 0. The van der Waals surface area contributed by atoms with E-state index in [1.54, 1.807) is 4.57 Å². The van der Waals surface area contributed by atoms with Gasteiger partial charge in [-0.05, 0) is 68.4 Å². The quantitative estimate of drug-likeness (QED) is 0.899. The van der Waals surface area contributed by atoms with Crippen LogP contribution in [0.25, 0.3) is 11.0 Å². The summed E-state index contributed by atoms with van der Waals surface area (Å²) < 4.78 is 1.72. The molecule has 132 valence electrons. The fourth-order valence-corrected chi connectivity index (χ4v) is 6.19. The molecule has 1 heterocycles. The summed E-state index contributed by atoms with van der Waals surface area (Å²) >= 11 is 0. The van der Waals surface area contributed by atoms with Crippen molar-refractivity contribution in [3.05, 3.63) is 34.7 Å². The number of benzene rings is 1. The van der Waals surface area contributed by atoms with E-state index < -0.39 is 0 Å². The summed E-state index contributed by atoms with van der Waals surface area (Å²) in [5.74, 6) is 2.55. The molecular formula is C20H25N3O2. The van der Waals surface area contributed by atoms with Crippen molar-refractivity contribution in [3.63, 3.8) is 0 Å². The monoisotopic (exact) mass is 339 g/mol. The Hall–Kier alpha value is -2.04. The summed E-state index contributed by atoms with van der Waals surface area (Å²) in [6.45, 7) is 1.03. The number of aromatic amines is 1. The second-order valence-electron chi connectivity index (χ2n) is 8.55. The molecule has 0 saturated heterocycles. The fraction of sp³-hybridized carbons (Fsp3) is 0.600. The number of nitrogens with one attached hydrogen (secondary N) is 2. The molecule has 2 N–H and O–H groups in total. The van der Waals surface area contributed by atoms with Crippen molar-refractivity contribution in [1.29, 1.82) is 0 Å². The molecule has 5 heteroatoms. The van der Waals surface area contributed by atoms with Crippen molar-refractivity contribution in [2.75, 3.05) is 6.54 Å². The summed E-state index contributed by atoms with van der Waals surface area (Å²) in [6, 6.07) is 7.69. The molecule has 1 aromatic heterocycles. The van der Waals surface area contributed by atoms with Gasteiger partial charge in [-0.3, -0.25) is 9.36 Å². The number of imidazole rings is 1. The molecule has 2 aromatic rings. The van der Waals surface area contributed by atoms with Crippen LogP contribution in [-0.4, -0.2) is 22.0 Å². The molecule has 0 aliphatic heterocycles. The molecule has 4 aliphatic rings. The minimum absolute atomic E-state index is 0.106. The lowest BCUT2D eigenvalue weighted by atomic mass is 9.49. The summed E-state index contributed by atoms with van der Waals surface area (Å²) in [4.78, 5) is 28.0. The SMILES string of the molecule is O=C(NCCn1c(=O)[nH]c2ccccc21)C12CC3CC(CC(C3)C1)C2. The molecule has 5 nitrogen and oxygen atoms in total. The van der Waals surface area contributed by atoms with Crippen molar-refractivity contribution >= 4 is 16.9 Å². The first-order valence-electron chi connectivity index (χ1n) is 9.59. The highest BCUT2D eigenvalue weighted by molar-refractivity contribution is 5.83.